The third-order valence-electron chi connectivity index (χ3n) is 2.59. The minimum atomic E-state index is -0.170. The van der Waals surface area contributed by atoms with Crippen molar-refractivity contribution < 1.29 is 4.79 Å². The van der Waals surface area contributed by atoms with Crippen molar-refractivity contribution in [3.63, 3.8) is 0 Å². The highest BCUT2D eigenvalue weighted by molar-refractivity contribution is 9.13. The Hall–Kier alpha value is -1.58. The summed E-state index contributed by atoms with van der Waals surface area (Å²) in [6, 6.07) is 9.03. The molecule has 3 aromatic rings. The second-order valence-corrected chi connectivity index (χ2v) is 7.23. The maximum Gasteiger partial charge on any atom is 0.265 e. The van der Waals surface area contributed by atoms with Crippen LogP contribution in [0.5, 0.6) is 0 Å². The second-order valence-electron chi connectivity index (χ2n) is 4.00. The Morgan fingerprint density at radius 3 is 2.81 bits per heavy atom. The molecular weight excluding hydrogens is 422 g/mol. The van der Waals surface area contributed by atoms with Crippen LogP contribution in [0.2, 0.25) is 0 Å². The Morgan fingerprint density at radius 2 is 2.14 bits per heavy atom. The molecule has 0 saturated heterocycles. The average Bonchev–Trinajstić information content (AvgIpc) is 3.10. The van der Waals surface area contributed by atoms with Crippen LogP contribution in [0.15, 0.2) is 38.6 Å². The van der Waals surface area contributed by atoms with E-state index >= 15 is 0 Å². The Kier molecular flexibility index (Phi) is 4.13. The number of benzene rings is 1. The number of nitrogens with zero attached hydrogens (tertiary/aromatic N) is 3. The number of tetrazole rings is 1. The van der Waals surface area contributed by atoms with E-state index in [0.717, 1.165) is 13.8 Å². The molecule has 0 aliphatic heterocycles. The fourth-order valence-electron chi connectivity index (χ4n) is 1.67. The Morgan fingerprint density at radius 1 is 1.29 bits per heavy atom. The summed E-state index contributed by atoms with van der Waals surface area (Å²) < 4.78 is 1.74. The molecule has 0 unspecified atom stereocenters. The highest BCUT2D eigenvalue weighted by Crippen LogP contribution is 2.32. The van der Waals surface area contributed by atoms with E-state index in [9.17, 15) is 4.79 Å². The molecule has 9 heteroatoms. The van der Waals surface area contributed by atoms with Crippen molar-refractivity contribution in [3.8, 4) is 11.4 Å². The van der Waals surface area contributed by atoms with Crippen molar-refractivity contribution in [2.45, 2.75) is 0 Å². The summed E-state index contributed by atoms with van der Waals surface area (Å²) in [4.78, 5) is 12.8. The van der Waals surface area contributed by atoms with Gasteiger partial charge in [-0.15, -0.1) is 21.5 Å². The van der Waals surface area contributed by atoms with Crippen LogP contribution < -0.4 is 5.32 Å². The summed E-state index contributed by atoms with van der Waals surface area (Å²) >= 11 is 8.10. The number of carbonyl (C=O) groups excluding carboxylic acids is 1. The molecule has 0 aliphatic carbocycles. The van der Waals surface area contributed by atoms with Gasteiger partial charge in [0.25, 0.3) is 5.91 Å². The molecule has 0 saturated carbocycles. The molecule has 0 radical (unpaired) electrons. The van der Waals surface area contributed by atoms with Gasteiger partial charge in [-0.1, -0.05) is 12.1 Å². The number of thiophene rings is 1. The smallest absolute Gasteiger partial charge is 0.265 e. The third kappa shape index (κ3) is 3.20. The first-order valence-electron chi connectivity index (χ1n) is 5.73. The van der Waals surface area contributed by atoms with E-state index in [2.05, 4.69) is 57.8 Å². The SMILES string of the molecule is O=C(Nc1cccc(-c2nn[nH]n2)c1)c1cc(Br)c(Br)s1. The molecule has 106 valence electrons. The van der Waals surface area contributed by atoms with Gasteiger partial charge < -0.3 is 5.32 Å². The predicted molar refractivity (Wildman–Crippen MR) is 87.3 cm³/mol. The number of rotatable bonds is 3. The number of aromatic nitrogens is 4. The molecule has 1 amide bonds. The standard InChI is InChI=1S/C12H7Br2N5OS/c13-8-5-9(21-10(8)14)12(20)15-7-3-1-2-6(4-7)11-16-18-19-17-11/h1-5H,(H,15,20)(H,16,17,18,19). The van der Waals surface area contributed by atoms with Crippen LogP contribution in [-0.2, 0) is 0 Å². The quantitative estimate of drug-likeness (QED) is 0.666. The van der Waals surface area contributed by atoms with Crippen molar-refractivity contribution in [1.82, 2.24) is 20.6 Å². The Balaban J connectivity index is 1.82. The molecule has 1 aromatic carbocycles. The number of amides is 1. The number of hydrogen-bond donors (Lipinski definition) is 2. The largest absolute Gasteiger partial charge is 0.321 e. The summed E-state index contributed by atoms with van der Waals surface area (Å²) in [6.07, 6.45) is 0. The minimum absolute atomic E-state index is 0.170. The molecule has 0 aliphatic rings. The number of anilines is 1. The Labute approximate surface area is 140 Å². The fraction of sp³-hybridized carbons (Fsp3) is 0. The first kappa shape index (κ1) is 14.4. The van der Waals surface area contributed by atoms with Crippen molar-refractivity contribution in [3.05, 3.63) is 43.5 Å². The molecule has 3 rings (SSSR count). The van der Waals surface area contributed by atoms with E-state index in [4.69, 9.17) is 0 Å². The molecule has 0 atom stereocenters. The fourth-order valence-corrected chi connectivity index (χ4v) is 3.60. The van der Waals surface area contributed by atoms with E-state index in [0.29, 0.717) is 16.4 Å². The third-order valence-corrected chi connectivity index (χ3v) is 5.85. The minimum Gasteiger partial charge on any atom is -0.321 e. The second kappa shape index (κ2) is 6.04. The first-order valence-corrected chi connectivity index (χ1v) is 8.14. The number of carbonyl (C=O) groups is 1. The summed E-state index contributed by atoms with van der Waals surface area (Å²) in [6.45, 7) is 0. The van der Waals surface area contributed by atoms with Crippen LogP contribution in [0, 0.1) is 0 Å². The van der Waals surface area contributed by atoms with E-state index in [1.165, 1.54) is 11.3 Å². The lowest BCUT2D eigenvalue weighted by Crippen LogP contribution is -2.10. The molecule has 2 aromatic heterocycles. The Bertz CT molecular complexity index is 767. The van der Waals surface area contributed by atoms with Gasteiger partial charge in [0.2, 0.25) is 5.82 Å². The maximum absolute atomic E-state index is 12.2. The molecule has 0 fully saturated rings. The van der Waals surface area contributed by atoms with Crippen LogP contribution in [0.1, 0.15) is 9.67 Å². The monoisotopic (exact) mass is 427 g/mol. The van der Waals surface area contributed by atoms with Crippen molar-refractivity contribution in [2.24, 2.45) is 0 Å². The van der Waals surface area contributed by atoms with Gasteiger partial charge in [0.1, 0.15) is 0 Å². The van der Waals surface area contributed by atoms with Crippen molar-refractivity contribution in [1.29, 1.82) is 0 Å². The molecule has 6 nitrogen and oxygen atoms in total. The molecule has 2 N–H and O–H groups in total. The average molecular weight is 429 g/mol. The molecule has 0 spiro atoms. The van der Waals surface area contributed by atoms with E-state index in [1.807, 2.05) is 12.1 Å². The maximum atomic E-state index is 12.2. The molecular formula is C12H7Br2N5OS. The summed E-state index contributed by atoms with van der Waals surface area (Å²) in [5.41, 5.74) is 1.44. The normalized spacial score (nSPS) is 10.6. The van der Waals surface area contributed by atoms with E-state index in [-0.39, 0.29) is 5.91 Å². The van der Waals surface area contributed by atoms with Gasteiger partial charge in [-0.05, 0) is 55.3 Å². The van der Waals surface area contributed by atoms with Gasteiger partial charge in [0.15, 0.2) is 0 Å². The van der Waals surface area contributed by atoms with Crippen LogP contribution in [0.4, 0.5) is 5.69 Å². The van der Waals surface area contributed by atoms with Crippen molar-refractivity contribution >= 4 is 54.8 Å². The van der Waals surface area contributed by atoms with Crippen LogP contribution >= 0.6 is 43.2 Å². The van der Waals surface area contributed by atoms with Crippen molar-refractivity contribution in [2.75, 3.05) is 5.32 Å². The van der Waals surface area contributed by atoms with E-state index < -0.39 is 0 Å². The highest BCUT2D eigenvalue weighted by atomic mass is 79.9. The number of H-pyrrole nitrogens is 1. The lowest BCUT2D eigenvalue weighted by molar-refractivity contribution is 0.103. The topological polar surface area (TPSA) is 83.6 Å². The van der Waals surface area contributed by atoms with Gasteiger partial charge in [0.05, 0.1) is 8.66 Å². The zero-order chi connectivity index (χ0) is 14.8. The van der Waals surface area contributed by atoms with Gasteiger partial charge >= 0.3 is 0 Å². The number of halogens is 2. The van der Waals surface area contributed by atoms with Gasteiger partial charge in [0, 0.05) is 15.7 Å². The highest BCUT2D eigenvalue weighted by Gasteiger charge is 2.13. The first-order chi connectivity index (χ1) is 10.1. The summed E-state index contributed by atoms with van der Waals surface area (Å²) in [5, 5.41) is 16.6. The summed E-state index contributed by atoms with van der Waals surface area (Å²) in [5.74, 6) is 0.310. The van der Waals surface area contributed by atoms with Crippen LogP contribution in [0.25, 0.3) is 11.4 Å². The van der Waals surface area contributed by atoms with Crippen LogP contribution in [0.3, 0.4) is 0 Å². The number of aromatic amines is 1. The molecule has 0 bridgehead atoms. The number of nitrogens with one attached hydrogen (secondary N) is 2. The van der Waals surface area contributed by atoms with Gasteiger partial charge in [-0.25, -0.2) is 0 Å². The van der Waals surface area contributed by atoms with Gasteiger partial charge in [-0.3, -0.25) is 4.79 Å². The zero-order valence-corrected chi connectivity index (χ0v) is 14.3. The molecule has 21 heavy (non-hydrogen) atoms. The predicted octanol–water partition coefficient (Wildman–Crippen LogP) is 3.71. The lowest BCUT2D eigenvalue weighted by Gasteiger charge is -2.04. The molecule has 2 heterocycles. The van der Waals surface area contributed by atoms with Gasteiger partial charge in [-0.2, -0.15) is 5.21 Å². The van der Waals surface area contributed by atoms with Crippen LogP contribution in [-0.4, -0.2) is 26.5 Å². The number of hydrogen-bond acceptors (Lipinski definition) is 5. The zero-order valence-electron chi connectivity index (χ0n) is 10.3. The summed E-state index contributed by atoms with van der Waals surface area (Å²) in [7, 11) is 0. The lowest BCUT2D eigenvalue weighted by atomic mass is 10.2. The van der Waals surface area contributed by atoms with E-state index in [1.54, 1.807) is 18.2 Å².